The number of hydrogen-bond donors (Lipinski definition) is 2. The largest absolute Gasteiger partial charge is 0.497 e. The van der Waals surface area contributed by atoms with Crippen molar-refractivity contribution in [1.29, 1.82) is 0 Å². The Labute approximate surface area is 184 Å². The number of benzene rings is 3. The van der Waals surface area contributed by atoms with Gasteiger partial charge in [0.1, 0.15) is 5.75 Å². The molecule has 1 fully saturated rings. The van der Waals surface area contributed by atoms with Crippen LogP contribution in [0.3, 0.4) is 0 Å². The van der Waals surface area contributed by atoms with Gasteiger partial charge in [0, 0.05) is 23.0 Å². The van der Waals surface area contributed by atoms with E-state index in [0.717, 1.165) is 30.7 Å². The predicted octanol–water partition coefficient (Wildman–Crippen LogP) is 6.02. The molecule has 1 aliphatic carbocycles. The zero-order valence-corrected chi connectivity index (χ0v) is 17.7. The molecule has 3 aromatic rings. The van der Waals surface area contributed by atoms with E-state index < -0.39 is 11.7 Å². The van der Waals surface area contributed by atoms with Crippen molar-refractivity contribution in [1.82, 2.24) is 5.32 Å². The highest BCUT2D eigenvalue weighted by molar-refractivity contribution is 5.96. The minimum Gasteiger partial charge on any atom is -0.497 e. The maximum absolute atomic E-state index is 13.7. The standard InChI is InChI=1S/C25H25F3N2O2/c1-32-20-12-9-17(10-13-20)24(31)30-19-7-4-6-18(15-19)29-23-21-8-3-2-5-16(21)11-14-22(23)25(26,27)28/h2-3,5,8-14,18-19,29H,4,6-7,15H2,1H3,(H,30,31)/t18-,19+/m0/s1. The number of ether oxygens (including phenoxy) is 1. The first-order valence-electron chi connectivity index (χ1n) is 10.7. The number of anilines is 1. The molecular weight excluding hydrogens is 417 g/mol. The van der Waals surface area contributed by atoms with Crippen molar-refractivity contribution >= 4 is 22.4 Å². The summed E-state index contributed by atoms with van der Waals surface area (Å²) in [6.07, 6.45) is -1.54. The Kier molecular flexibility index (Phi) is 6.26. The lowest BCUT2D eigenvalue weighted by Gasteiger charge is -2.32. The molecule has 0 aromatic heterocycles. The van der Waals surface area contributed by atoms with Crippen LogP contribution in [-0.4, -0.2) is 25.1 Å². The Morgan fingerprint density at radius 1 is 0.969 bits per heavy atom. The van der Waals surface area contributed by atoms with Crippen LogP contribution in [0.15, 0.2) is 60.7 Å². The molecule has 0 radical (unpaired) electrons. The highest BCUT2D eigenvalue weighted by Gasteiger charge is 2.35. The Hall–Kier alpha value is -3.22. The third-order valence-corrected chi connectivity index (χ3v) is 5.94. The van der Waals surface area contributed by atoms with Gasteiger partial charge in [-0.05, 0) is 61.4 Å². The summed E-state index contributed by atoms with van der Waals surface area (Å²) >= 11 is 0. The number of halogens is 3. The van der Waals surface area contributed by atoms with Gasteiger partial charge in [-0.2, -0.15) is 13.2 Å². The highest BCUT2D eigenvalue weighted by Crippen LogP contribution is 2.40. The maximum Gasteiger partial charge on any atom is 0.418 e. The van der Waals surface area contributed by atoms with Crippen molar-refractivity contribution in [2.75, 3.05) is 12.4 Å². The van der Waals surface area contributed by atoms with Crippen LogP contribution in [0.1, 0.15) is 41.6 Å². The second kappa shape index (κ2) is 9.10. The molecule has 7 heteroatoms. The topological polar surface area (TPSA) is 50.4 Å². The summed E-state index contributed by atoms with van der Waals surface area (Å²) in [4.78, 5) is 12.6. The molecule has 4 nitrogen and oxygen atoms in total. The molecule has 0 spiro atoms. The van der Waals surface area contributed by atoms with Crippen LogP contribution in [0, 0.1) is 0 Å². The summed E-state index contributed by atoms with van der Waals surface area (Å²) in [6.45, 7) is 0. The molecule has 3 aromatic carbocycles. The number of carbonyl (C=O) groups excluding carboxylic acids is 1. The third kappa shape index (κ3) is 4.82. The number of nitrogens with one attached hydrogen (secondary N) is 2. The molecule has 1 amide bonds. The summed E-state index contributed by atoms with van der Waals surface area (Å²) in [6, 6.07) is 16.3. The van der Waals surface area contributed by atoms with Crippen LogP contribution in [0.2, 0.25) is 0 Å². The summed E-state index contributed by atoms with van der Waals surface area (Å²) in [7, 11) is 1.56. The van der Waals surface area contributed by atoms with Crippen LogP contribution in [0.25, 0.3) is 10.8 Å². The maximum atomic E-state index is 13.7. The van der Waals surface area contributed by atoms with E-state index in [2.05, 4.69) is 10.6 Å². The van der Waals surface area contributed by atoms with Crippen LogP contribution < -0.4 is 15.4 Å². The number of fused-ring (bicyclic) bond motifs is 1. The van der Waals surface area contributed by atoms with Gasteiger partial charge < -0.3 is 15.4 Å². The van der Waals surface area contributed by atoms with E-state index in [1.807, 2.05) is 6.07 Å². The lowest BCUT2D eigenvalue weighted by molar-refractivity contribution is -0.136. The molecular formula is C25H25F3N2O2. The molecule has 2 atom stereocenters. The van der Waals surface area contributed by atoms with Crippen molar-refractivity contribution in [2.45, 2.75) is 43.9 Å². The van der Waals surface area contributed by atoms with E-state index in [4.69, 9.17) is 4.74 Å². The molecule has 4 rings (SSSR count). The quantitative estimate of drug-likeness (QED) is 0.508. The van der Waals surface area contributed by atoms with Crippen molar-refractivity contribution in [3.8, 4) is 5.75 Å². The molecule has 1 saturated carbocycles. The zero-order chi connectivity index (χ0) is 22.7. The fourth-order valence-electron chi connectivity index (χ4n) is 4.33. The Morgan fingerprint density at radius 2 is 1.69 bits per heavy atom. The van der Waals surface area contributed by atoms with Gasteiger partial charge in [-0.1, -0.05) is 30.3 Å². The summed E-state index contributed by atoms with van der Waals surface area (Å²) in [5, 5.41) is 7.50. The van der Waals surface area contributed by atoms with E-state index in [0.29, 0.717) is 23.1 Å². The average molecular weight is 442 g/mol. The number of alkyl halides is 3. The molecule has 0 bridgehead atoms. The van der Waals surface area contributed by atoms with Crippen molar-refractivity contribution < 1.29 is 22.7 Å². The third-order valence-electron chi connectivity index (χ3n) is 5.94. The zero-order valence-electron chi connectivity index (χ0n) is 17.7. The molecule has 168 valence electrons. The summed E-state index contributed by atoms with van der Waals surface area (Å²) in [5.74, 6) is 0.471. The van der Waals surface area contributed by atoms with E-state index >= 15 is 0 Å². The molecule has 1 aliphatic rings. The van der Waals surface area contributed by atoms with E-state index in [-0.39, 0.29) is 23.7 Å². The fraction of sp³-hybridized carbons (Fsp3) is 0.320. The molecule has 0 heterocycles. The summed E-state index contributed by atoms with van der Waals surface area (Å²) in [5.41, 5.74) is -0.0300. The Morgan fingerprint density at radius 3 is 2.41 bits per heavy atom. The van der Waals surface area contributed by atoms with Crippen molar-refractivity contribution in [3.63, 3.8) is 0 Å². The second-order valence-corrected chi connectivity index (χ2v) is 8.11. The normalized spacial score (nSPS) is 18.9. The number of hydrogen-bond acceptors (Lipinski definition) is 3. The SMILES string of the molecule is COc1ccc(C(=O)N[C@@H]2CCC[C@H](Nc3c(C(F)(F)F)ccc4ccccc34)C2)cc1. The fourth-order valence-corrected chi connectivity index (χ4v) is 4.33. The van der Waals surface area contributed by atoms with E-state index in [1.54, 1.807) is 49.6 Å². The highest BCUT2D eigenvalue weighted by atomic mass is 19.4. The first-order valence-corrected chi connectivity index (χ1v) is 10.7. The van der Waals surface area contributed by atoms with Crippen LogP contribution in [0.5, 0.6) is 5.75 Å². The average Bonchev–Trinajstić information content (AvgIpc) is 2.79. The van der Waals surface area contributed by atoms with Gasteiger partial charge in [-0.3, -0.25) is 4.79 Å². The van der Waals surface area contributed by atoms with Crippen LogP contribution in [-0.2, 0) is 6.18 Å². The van der Waals surface area contributed by atoms with Gasteiger partial charge in [0.25, 0.3) is 5.91 Å². The minimum atomic E-state index is -4.46. The molecule has 2 N–H and O–H groups in total. The molecule has 32 heavy (non-hydrogen) atoms. The molecule has 0 aliphatic heterocycles. The van der Waals surface area contributed by atoms with Gasteiger partial charge in [0.2, 0.25) is 0 Å². The minimum absolute atomic E-state index is 0.111. The van der Waals surface area contributed by atoms with Gasteiger partial charge in [-0.15, -0.1) is 0 Å². The smallest absolute Gasteiger partial charge is 0.418 e. The number of rotatable bonds is 5. The van der Waals surface area contributed by atoms with Gasteiger partial charge >= 0.3 is 6.18 Å². The Balaban J connectivity index is 1.51. The van der Waals surface area contributed by atoms with Crippen LogP contribution >= 0.6 is 0 Å². The molecule has 0 unspecified atom stereocenters. The van der Waals surface area contributed by atoms with Gasteiger partial charge in [-0.25, -0.2) is 0 Å². The van der Waals surface area contributed by atoms with Crippen molar-refractivity contribution in [3.05, 3.63) is 71.8 Å². The molecule has 0 saturated heterocycles. The first-order chi connectivity index (χ1) is 15.3. The van der Waals surface area contributed by atoms with Gasteiger partial charge in [0.15, 0.2) is 0 Å². The first kappa shape index (κ1) is 22.0. The van der Waals surface area contributed by atoms with E-state index in [1.165, 1.54) is 6.07 Å². The van der Waals surface area contributed by atoms with Crippen molar-refractivity contribution in [2.24, 2.45) is 0 Å². The lowest BCUT2D eigenvalue weighted by Crippen LogP contribution is -2.42. The number of methoxy groups -OCH3 is 1. The Bertz CT molecular complexity index is 1100. The monoisotopic (exact) mass is 442 g/mol. The van der Waals surface area contributed by atoms with E-state index in [9.17, 15) is 18.0 Å². The lowest BCUT2D eigenvalue weighted by atomic mass is 9.90. The van der Waals surface area contributed by atoms with Gasteiger partial charge in [0.05, 0.1) is 18.4 Å². The number of amides is 1. The number of carbonyl (C=O) groups is 1. The van der Waals surface area contributed by atoms with Crippen LogP contribution in [0.4, 0.5) is 18.9 Å². The predicted molar refractivity (Wildman–Crippen MR) is 119 cm³/mol. The second-order valence-electron chi connectivity index (χ2n) is 8.11. The summed E-state index contributed by atoms with van der Waals surface area (Å²) < 4.78 is 46.3.